The quantitative estimate of drug-likeness (QED) is 0.112. The number of aromatic amines is 2. The molecular formula is C50H44N8O6. The van der Waals surface area contributed by atoms with Gasteiger partial charge in [-0.15, -0.1) is 0 Å². The summed E-state index contributed by atoms with van der Waals surface area (Å²) >= 11 is 0. The van der Waals surface area contributed by atoms with E-state index in [0.29, 0.717) is 34.6 Å². The molecule has 0 radical (unpaired) electrons. The Morgan fingerprint density at radius 3 is 2.02 bits per heavy atom. The summed E-state index contributed by atoms with van der Waals surface area (Å²) in [5.41, 5.74) is 6.22. The van der Waals surface area contributed by atoms with Crippen LogP contribution in [-0.4, -0.2) is 90.0 Å². The summed E-state index contributed by atoms with van der Waals surface area (Å²) in [5.74, 6) is 8.37. The summed E-state index contributed by atoms with van der Waals surface area (Å²) in [7, 11) is 2.73. The molecule has 7 aromatic rings. The summed E-state index contributed by atoms with van der Waals surface area (Å²) in [5, 5.41) is 14.6. The molecule has 2 aliphatic carbocycles. The summed E-state index contributed by atoms with van der Waals surface area (Å²) < 4.78 is 4.88. The van der Waals surface area contributed by atoms with E-state index in [1.807, 2.05) is 107 Å². The highest BCUT2D eigenvalue weighted by Gasteiger charge is 2.57. The van der Waals surface area contributed by atoms with Crippen molar-refractivity contribution in [3.63, 3.8) is 0 Å². The summed E-state index contributed by atoms with van der Waals surface area (Å²) in [6.45, 7) is 0. The smallest absolute Gasteiger partial charge is 0.407 e. The molecule has 2 saturated carbocycles. The van der Waals surface area contributed by atoms with Crippen LogP contribution in [0.25, 0.3) is 32.8 Å². The monoisotopic (exact) mass is 852 g/mol. The number of likely N-dealkylation sites (N-methyl/N-ethyl adjacent to an activating group) is 1. The fraction of sp³-hybridized carbons (Fsp3) is 0.280. The van der Waals surface area contributed by atoms with E-state index in [1.165, 1.54) is 14.2 Å². The number of ether oxygens (including phenoxy) is 1. The number of methoxy groups -OCH3 is 1. The first kappa shape index (κ1) is 39.2. The van der Waals surface area contributed by atoms with E-state index in [9.17, 15) is 24.3 Å². The second kappa shape index (κ2) is 15.3. The Hall–Kier alpha value is -7.66. The number of imidazole rings is 2. The molecule has 2 aromatic heterocycles. The van der Waals surface area contributed by atoms with Gasteiger partial charge in [-0.25, -0.2) is 19.6 Å². The molecule has 0 spiro atoms. The van der Waals surface area contributed by atoms with Crippen LogP contribution in [0.1, 0.15) is 83.8 Å². The first-order valence-electron chi connectivity index (χ1n) is 21.6. The number of rotatable bonds is 8. The second-order valence-corrected chi connectivity index (χ2v) is 17.4. The molecule has 4 fully saturated rings. The van der Waals surface area contributed by atoms with Crippen LogP contribution >= 0.6 is 0 Å². The molecule has 64 heavy (non-hydrogen) atoms. The van der Waals surface area contributed by atoms with Crippen LogP contribution < -0.4 is 5.32 Å². The summed E-state index contributed by atoms with van der Waals surface area (Å²) in [6.07, 6.45) is 1.55. The van der Waals surface area contributed by atoms with Crippen molar-refractivity contribution in [1.82, 2.24) is 40.0 Å². The number of benzene rings is 5. The molecule has 14 nitrogen and oxygen atoms in total. The normalized spacial score (nSPS) is 22.6. The highest BCUT2D eigenvalue weighted by Crippen LogP contribution is 2.55. The standard InChI is InChI=1S/C50H44N8O6/c1-56(50(62)63)44(30-11-7-4-8-12-30)48(60)58-39-24-33(39)26-41(58)46-52-36-20-17-31-21-27(15-18-34(31)43(36)54-46)13-14-28-16-19-35-37(22-28)53-45(51-35)40-25-32-23-38(32)57(40)47(59)42(55-49(61)64-2)29-9-5-3-6-10-29/h3-12,15-22,32-33,38-42,44H,23-26H2,1-2H3,(H,51,53)(H,52,54)(H,55,61)(H,62,63)/t32-,33-,38-,39-,40+,41+,42-,44-/m1/s1. The predicted octanol–water partition coefficient (Wildman–Crippen LogP) is 7.76. The minimum atomic E-state index is -1.16. The van der Waals surface area contributed by atoms with E-state index in [0.717, 1.165) is 74.5 Å². The van der Waals surface area contributed by atoms with Crippen molar-refractivity contribution >= 4 is 56.8 Å². The number of nitrogens with one attached hydrogen (secondary N) is 3. The zero-order valence-corrected chi connectivity index (χ0v) is 35.1. The topological polar surface area (TPSA) is 177 Å². The number of carbonyl (C=O) groups is 4. The Labute approximate surface area is 367 Å². The molecule has 14 heteroatoms. The first-order valence-corrected chi connectivity index (χ1v) is 21.6. The van der Waals surface area contributed by atoms with Crippen LogP contribution in [0.2, 0.25) is 0 Å². The van der Waals surface area contributed by atoms with E-state index in [4.69, 9.17) is 14.7 Å². The lowest BCUT2D eigenvalue weighted by atomic mass is 10.0. The number of nitrogens with zero attached hydrogens (tertiary/aromatic N) is 5. The molecule has 0 unspecified atom stereocenters. The first-order chi connectivity index (χ1) is 31.1. The lowest BCUT2D eigenvalue weighted by molar-refractivity contribution is -0.138. The van der Waals surface area contributed by atoms with Crippen molar-refractivity contribution in [3.8, 4) is 11.8 Å². The number of fused-ring (bicyclic) bond motifs is 6. The SMILES string of the molecule is COC(=O)N[C@@H](C(=O)N1[C@@H]2C[C@@H]2C[C@H]1c1nc2ccc(C#Cc3ccc4c(ccc5[nH]c([C@@H]6C[C@H]7C[C@H]7N6C(=O)[C@@H](c6ccccc6)N(C)C(=O)O)nc54)c3)cc2[nH]1)c1ccccc1. The van der Waals surface area contributed by atoms with Crippen LogP contribution in [-0.2, 0) is 14.3 Å². The number of likely N-dealkylation sites (tertiary alicyclic amines) is 2. The van der Waals surface area contributed by atoms with Gasteiger partial charge in [0.2, 0.25) is 0 Å². The molecule has 4 heterocycles. The minimum Gasteiger partial charge on any atom is -0.465 e. The van der Waals surface area contributed by atoms with E-state index in [-0.39, 0.29) is 36.0 Å². The van der Waals surface area contributed by atoms with Crippen LogP contribution in [0.5, 0.6) is 0 Å². The number of hydrogen-bond acceptors (Lipinski definition) is 7. The molecule has 4 amide bonds. The van der Waals surface area contributed by atoms with Crippen molar-refractivity contribution in [1.29, 1.82) is 0 Å². The van der Waals surface area contributed by atoms with Crippen molar-refractivity contribution in [2.75, 3.05) is 14.2 Å². The van der Waals surface area contributed by atoms with Gasteiger partial charge in [0, 0.05) is 35.6 Å². The Bertz CT molecular complexity index is 3080. The van der Waals surface area contributed by atoms with Crippen LogP contribution in [0.15, 0.2) is 109 Å². The summed E-state index contributed by atoms with van der Waals surface area (Å²) in [6, 6.07) is 32.0. The van der Waals surface area contributed by atoms with E-state index in [2.05, 4.69) is 27.1 Å². The maximum atomic E-state index is 14.3. The maximum Gasteiger partial charge on any atom is 0.407 e. The van der Waals surface area contributed by atoms with Crippen LogP contribution in [0.4, 0.5) is 9.59 Å². The number of alkyl carbamates (subject to hydrolysis) is 1. The lowest BCUT2D eigenvalue weighted by Crippen LogP contribution is -2.44. The molecule has 2 saturated heterocycles. The van der Waals surface area contributed by atoms with Gasteiger partial charge in [0.05, 0.1) is 41.3 Å². The minimum absolute atomic E-state index is 0.0586. The van der Waals surface area contributed by atoms with E-state index < -0.39 is 24.3 Å². The highest BCUT2D eigenvalue weighted by molar-refractivity contribution is 6.04. The molecular weight excluding hydrogens is 809 g/mol. The zero-order chi connectivity index (χ0) is 43.8. The van der Waals surface area contributed by atoms with Crippen molar-refractivity contribution in [2.24, 2.45) is 11.8 Å². The number of carboxylic acid groups (broad SMARTS) is 1. The van der Waals surface area contributed by atoms with Crippen molar-refractivity contribution in [3.05, 3.63) is 143 Å². The highest BCUT2D eigenvalue weighted by atomic mass is 16.5. The average Bonchev–Trinajstić information content (AvgIpc) is 3.97. The van der Waals surface area contributed by atoms with Gasteiger partial charge in [0.25, 0.3) is 11.8 Å². The number of H-pyrrole nitrogens is 2. The molecule has 11 rings (SSSR count). The fourth-order valence-electron chi connectivity index (χ4n) is 10.2. The van der Waals surface area contributed by atoms with Gasteiger partial charge >= 0.3 is 12.2 Å². The third-order valence-corrected chi connectivity index (χ3v) is 13.6. The molecule has 4 aliphatic rings. The second-order valence-electron chi connectivity index (χ2n) is 17.4. The molecule has 0 bridgehead atoms. The number of aromatic nitrogens is 4. The van der Waals surface area contributed by atoms with Gasteiger partial charge in [-0.2, -0.15) is 0 Å². The fourth-order valence-corrected chi connectivity index (χ4v) is 10.2. The van der Waals surface area contributed by atoms with Crippen LogP contribution in [0, 0.1) is 23.7 Å². The van der Waals surface area contributed by atoms with Crippen LogP contribution in [0.3, 0.4) is 0 Å². The van der Waals surface area contributed by atoms with Gasteiger partial charge in [0.1, 0.15) is 23.7 Å². The van der Waals surface area contributed by atoms with E-state index in [1.54, 1.807) is 12.1 Å². The van der Waals surface area contributed by atoms with Gasteiger partial charge in [0.15, 0.2) is 0 Å². The molecule has 5 aromatic carbocycles. The number of piperidine rings is 2. The van der Waals surface area contributed by atoms with Gasteiger partial charge in [-0.1, -0.05) is 84.6 Å². The zero-order valence-electron chi connectivity index (χ0n) is 35.1. The number of amides is 4. The Morgan fingerprint density at radius 1 is 0.734 bits per heavy atom. The predicted molar refractivity (Wildman–Crippen MR) is 238 cm³/mol. The Kier molecular flexibility index (Phi) is 9.37. The maximum absolute atomic E-state index is 14.3. The Balaban J connectivity index is 0.832. The molecule has 8 atom stereocenters. The number of hydrogen-bond donors (Lipinski definition) is 4. The van der Waals surface area contributed by atoms with E-state index >= 15 is 0 Å². The third-order valence-electron chi connectivity index (χ3n) is 13.6. The van der Waals surface area contributed by atoms with Gasteiger partial charge in [-0.05, 0) is 90.4 Å². The van der Waals surface area contributed by atoms with Gasteiger partial charge < -0.3 is 34.9 Å². The summed E-state index contributed by atoms with van der Waals surface area (Å²) in [4.78, 5) is 74.9. The Morgan fingerprint density at radius 2 is 1.34 bits per heavy atom. The van der Waals surface area contributed by atoms with Crippen molar-refractivity contribution in [2.45, 2.75) is 61.9 Å². The third kappa shape index (κ3) is 6.84. The molecule has 2 aliphatic heterocycles. The lowest BCUT2D eigenvalue weighted by Gasteiger charge is -2.33. The average molecular weight is 853 g/mol. The van der Waals surface area contributed by atoms with Crippen molar-refractivity contribution < 1.29 is 29.0 Å². The molecule has 4 N–H and O–H groups in total. The number of carbonyl (C=O) groups excluding carboxylic acids is 3. The van der Waals surface area contributed by atoms with Gasteiger partial charge in [-0.3, -0.25) is 14.5 Å². The molecule has 320 valence electrons. The largest absolute Gasteiger partial charge is 0.465 e.